The summed E-state index contributed by atoms with van der Waals surface area (Å²) in [5.41, 5.74) is 1.80. The number of para-hydroxylation sites is 1. The molecule has 4 rings (SSSR count). The van der Waals surface area contributed by atoms with Crippen LogP contribution in [0.5, 0.6) is 5.75 Å². The smallest absolute Gasteiger partial charge is 0.299 e. The average molecular weight is 415 g/mol. The van der Waals surface area contributed by atoms with Crippen LogP contribution in [0.1, 0.15) is 0 Å². The second kappa shape index (κ2) is 8.46. The fourth-order valence-corrected chi connectivity index (χ4v) is 2.99. The van der Waals surface area contributed by atoms with Crippen LogP contribution in [0.4, 0.5) is 17.1 Å². The van der Waals surface area contributed by atoms with Gasteiger partial charge >= 0.3 is 0 Å². The first-order valence-electron chi connectivity index (χ1n) is 9.28. The van der Waals surface area contributed by atoms with Crippen LogP contribution in [-0.4, -0.2) is 21.8 Å². The molecule has 0 aliphatic rings. The van der Waals surface area contributed by atoms with E-state index in [0.29, 0.717) is 28.4 Å². The van der Waals surface area contributed by atoms with Crippen molar-refractivity contribution in [2.75, 3.05) is 7.11 Å². The average Bonchev–Trinajstić information content (AvgIpc) is 3.14. The van der Waals surface area contributed by atoms with E-state index in [9.17, 15) is 14.9 Å². The van der Waals surface area contributed by atoms with Crippen LogP contribution in [0.2, 0.25) is 0 Å². The summed E-state index contributed by atoms with van der Waals surface area (Å²) >= 11 is 0. The van der Waals surface area contributed by atoms with Crippen LogP contribution in [-0.2, 0) is 0 Å². The summed E-state index contributed by atoms with van der Waals surface area (Å²) in [7, 11) is 1.57. The van der Waals surface area contributed by atoms with E-state index >= 15 is 0 Å². The Morgan fingerprint density at radius 3 is 2.23 bits per heavy atom. The third-order valence-corrected chi connectivity index (χ3v) is 4.59. The predicted molar refractivity (Wildman–Crippen MR) is 116 cm³/mol. The maximum Gasteiger partial charge on any atom is 0.299 e. The Labute approximate surface area is 176 Å². The molecule has 0 saturated heterocycles. The van der Waals surface area contributed by atoms with Gasteiger partial charge in [-0.1, -0.05) is 18.2 Å². The molecule has 9 heteroatoms. The molecule has 0 atom stereocenters. The number of azo groups is 1. The van der Waals surface area contributed by atoms with Crippen LogP contribution in [0, 0.1) is 10.1 Å². The van der Waals surface area contributed by atoms with Crippen molar-refractivity contribution in [3.63, 3.8) is 0 Å². The molecule has 0 fully saturated rings. The number of rotatable bonds is 6. The summed E-state index contributed by atoms with van der Waals surface area (Å²) in [6, 6.07) is 21.8. The van der Waals surface area contributed by atoms with E-state index in [1.54, 1.807) is 55.6 Å². The van der Waals surface area contributed by atoms with Crippen molar-refractivity contribution in [2.45, 2.75) is 0 Å². The Morgan fingerprint density at radius 1 is 0.935 bits per heavy atom. The van der Waals surface area contributed by atoms with Crippen LogP contribution >= 0.6 is 0 Å². The second-order valence-corrected chi connectivity index (χ2v) is 6.51. The monoisotopic (exact) mass is 415 g/mol. The third kappa shape index (κ3) is 4.10. The summed E-state index contributed by atoms with van der Waals surface area (Å²) in [6.07, 6.45) is 0. The summed E-state index contributed by atoms with van der Waals surface area (Å²) < 4.78 is 6.49. The maximum absolute atomic E-state index is 13.1. The number of aromatic amines is 1. The van der Waals surface area contributed by atoms with E-state index in [0.717, 1.165) is 0 Å². The molecule has 0 saturated carbocycles. The molecule has 4 aromatic rings. The SMILES string of the molecule is COc1ccc(N=Nc2c(-c3ccc([N+](=O)[O-])cc3)[nH]n(-c3ccccc3)c2=O)cc1. The van der Waals surface area contributed by atoms with Gasteiger partial charge in [0.15, 0.2) is 5.69 Å². The van der Waals surface area contributed by atoms with Crippen LogP contribution in [0.15, 0.2) is 93.9 Å². The molecule has 0 amide bonds. The largest absolute Gasteiger partial charge is 0.497 e. The quantitative estimate of drug-likeness (QED) is 0.266. The molecule has 0 radical (unpaired) electrons. The third-order valence-electron chi connectivity index (χ3n) is 4.59. The fourth-order valence-electron chi connectivity index (χ4n) is 2.99. The number of H-pyrrole nitrogens is 1. The highest BCUT2D eigenvalue weighted by atomic mass is 16.6. The molecule has 1 N–H and O–H groups in total. The van der Waals surface area contributed by atoms with Gasteiger partial charge in [0.2, 0.25) is 0 Å². The van der Waals surface area contributed by atoms with Gasteiger partial charge in [0.1, 0.15) is 5.75 Å². The minimum Gasteiger partial charge on any atom is -0.497 e. The van der Waals surface area contributed by atoms with Crippen molar-refractivity contribution in [1.29, 1.82) is 0 Å². The highest BCUT2D eigenvalue weighted by Crippen LogP contribution is 2.29. The predicted octanol–water partition coefficient (Wildman–Crippen LogP) is 5.16. The maximum atomic E-state index is 13.1. The first-order valence-corrected chi connectivity index (χ1v) is 9.28. The van der Waals surface area contributed by atoms with E-state index in [1.165, 1.54) is 16.8 Å². The normalized spacial score (nSPS) is 11.0. The number of nitrogens with one attached hydrogen (secondary N) is 1. The molecule has 0 spiro atoms. The number of benzene rings is 3. The molecule has 31 heavy (non-hydrogen) atoms. The Balaban J connectivity index is 1.81. The highest BCUT2D eigenvalue weighted by Gasteiger charge is 2.18. The Hall–Kier alpha value is -4.53. The zero-order valence-electron chi connectivity index (χ0n) is 16.4. The first kappa shape index (κ1) is 19.8. The molecule has 0 aliphatic heterocycles. The summed E-state index contributed by atoms with van der Waals surface area (Å²) in [6.45, 7) is 0. The number of nitro groups is 1. The second-order valence-electron chi connectivity index (χ2n) is 6.51. The zero-order chi connectivity index (χ0) is 21.8. The lowest BCUT2D eigenvalue weighted by molar-refractivity contribution is -0.384. The minimum absolute atomic E-state index is 0.0463. The minimum atomic E-state index is -0.480. The Morgan fingerprint density at radius 2 is 1.61 bits per heavy atom. The number of hydrogen-bond acceptors (Lipinski definition) is 6. The van der Waals surface area contributed by atoms with Crippen LogP contribution in [0.3, 0.4) is 0 Å². The van der Waals surface area contributed by atoms with Gasteiger partial charge in [-0.15, -0.1) is 5.11 Å². The van der Waals surface area contributed by atoms with Crippen molar-refractivity contribution in [3.8, 4) is 22.7 Å². The van der Waals surface area contributed by atoms with Gasteiger partial charge in [0.05, 0.1) is 29.1 Å². The van der Waals surface area contributed by atoms with E-state index in [2.05, 4.69) is 15.3 Å². The van der Waals surface area contributed by atoms with Crippen LogP contribution < -0.4 is 10.3 Å². The van der Waals surface area contributed by atoms with Crippen molar-refractivity contribution >= 4 is 17.1 Å². The number of hydrogen-bond donors (Lipinski definition) is 1. The van der Waals surface area contributed by atoms with Crippen LogP contribution in [0.25, 0.3) is 16.9 Å². The molecular formula is C22H17N5O4. The molecular weight excluding hydrogens is 398 g/mol. The molecule has 9 nitrogen and oxygen atoms in total. The number of methoxy groups -OCH3 is 1. The fraction of sp³-hybridized carbons (Fsp3) is 0.0455. The van der Waals surface area contributed by atoms with Gasteiger partial charge < -0.3 is 4.74 Å². The molecule has 1 aromatic heterocycles. The topological polar surface area (TPSA) is 115 Å². The number of nitrogens with zero attached hydrogens (tertiary/aromatic N) is 4. The van der Waals surface area contributed by atoms with Crippen molar-refractivity contribution < 1.29 is 9.66 Å². The number of nitro benzene ring substituents is 1. The van der Waals surface area contributed by atoms with Gasteiger partial charge in [-0.25, -0.2) is 4.68 Å². The number of aromatic nitrogens is 2. The molecule has 0 bridgehead atoms. The molecule has 0 aliphatic carbocycles. The van der Waals surface area contributed by atoms with E-state index < -0.39 is 10.5 Å². The summed E-state index contributed by atoms with van der Waals surface area (Å²) in [4.78, 5) is 23.6. The Bertz CT molecular complexity index is 1290. The van der Waals surface area contributed by atoms with Crippen molar-refractivity contribution in [2.24, 2.45) is 10.2 Å². The number of non-ortho nitro benzene ring substituents is 1. The lowest BCUT2D eigenvalue weighted by Gasteiger charge is -2.01. The van der Waals surface area contributed by atoms with Gasteiger partial charge in [-0.05, 0) is 48.5 Å². The first-order chi connectivity index (χ1) is 15.1. The number of ether oxygens (including phenoxy) is 1. The van der Waals surface area contributed by atoms with Gasteiger partial charge in [-0.3, -0.25) is 20.0 Å². The standard InChI is InChI=1S/C22H17N5O4/c1-31-19-13-9-16(10-14-19)23-24-21-20(15-7-11-18(12-8-15)27(29)30)25-26(22(21)28)17-5-3-2-4-6-17/h2-14,25H,1H3. The lowest BCUT2D eigenvalue weighted by Crippen LogP contribution is -2.13. The summed E-state index contributed by atoms with van der Waals surface area (Å²) in [5, 5.41) is 22.4. The van der Waals surface area contributed by atoms with E-state index in [4.69, 9.17) is 4.74 Å². The van der Waals surface area contributed by atoms with E-state index in [1.807, 2.05) is 18.2 Å². The van der Waals surface area contributed by atoms with E-state index in [-0.39, 0.29) is 11.4 Å². The molecule has 154 valence electrons. The van der Waals surface area contributed by atoms with Gasteiger partial charge in [-0.2, -0.15) is 5.11 Å². The zero-order valence-corrected chi connectivity index (χ0v) is 16.4. The van der Waals surface area contributed by atoms with Gasteiger partial charge in [0.25, 0.3) is 11.2 Å². The van der Waals surface area contributed by atoms with Crippen molar-refractivity contribution in [1.82, 2.24) is 9.78 Å². The van der Waals surface area contributed by atoms with Gasteiger partial charge in [0, 0.05) is 17.7 Å². The molecule has 3 aromatic carbocycles. The molecule has 0 unspecified atom stereocenters. The summed E-state index contributed by atoms with van der Waals surface area (Å²) in [5.74, 6) is 0.679. The molecule has 1 heterocycles. The highest BCUT2D eigenvalue weighted by molar-refractivity contribution is 5.72. The Kier molecular flexibility index (Phi) is 5.39. The van der Waals surface area contributed by atoms with Crippen molar-refractivity contribution in [3.05, 3.63) is 99.3 Å². The lowest BCUT2D eigenvalue weighted by atomic mass is 10.1.